The lowest BCUT2D eigenvalue weighted by molar-refractivity contribution is 1.07. The first kappa shape index (κ1) is 43.5. The Bertz CT molecular complexity index is 3710. The maximum Gasteiger partial charge on any atom is 0.179 e. The van der Waals surface area contributed by atoms with Crippen LogP contribution in [0.25, 0.3) is 83.9 Å². The van der Waals surface area contributed by atoms with Crippen molar-refractivity contribution in [2.24, 2.45) is 0 Å². The van der Waals surface area contributed by atoms with Gasteiger partial charge in [0, 0.05) is 33.2 Å². The van der Waals surface area contributed by atoms with E-state index in [0.29, 0.717) is 17.5 Å². The van der Waals surface area contributed by atoms with Gasteiger partial charge in [-0.3, -0.25) is 0 Å². The standard InChI is InChI=1S/C66H50N4Si/c1-45-40-46(2)63(47(3)41-45)51-36-38-58-57-34-19-20-35-61(57)70(62(58)43-51)52-37-39-59(66-68-64(48-22-9-4-10-23-48)67-65(69-66)49-24-11-5-12-25-49)60(44-52)50-26-21-33-56(42-50)71(53-27-13-6-14-28-53,54-29-15-7-16-30-54)55-31-17-8-18-32-55/h4-44H,1-3H3. The van der Waals surface area contributed by atoms with E-state index in [9.17, 15) is 0 Å². The molecule has 0 N–H and O–H groups in total. The van der Waals surface area contributed by atoms with Crippen molar-refractivity contribution >= 4 is 50.6 Å². The van der Waals surface area contributed by atoms with Gasteiger partial charge in [0.2, 0.25) is 0 Å². The minimum absolute atomic E-state index is 0.608. The van der Waals surface area contributed by atoms with Crippen LogP contribution in [0.5, 0.6) is 0 Å². The van der Waals surface area contributed by atoms with Crippen molar-refractivity contribution < 1.29 is 0 Å². The smallest absolute Gasteiger partial charge is 0.179 e. The van der Waals surface area contributed by atoms with Crippen LogP contribution in [-0.2, 0) is 0 Å². The molecule has 5 heteroatoms. The molecule has 4 nitrogen and oxygen atoms in total. The second-order valence-electron chi connectivity index (χ2n) is 18.6. The van der Waals surface area contributed by atoms with Crippen molar-refractivity contribution in [1.29, 1.82) is 0 Å². The van der Waals surface area contributed by atoms with Crippen molar-refractivity contribution in [1.82, 2.24) is 19.5 Å². The molecule has 2 aromatic heterocycles. The summed E-state index contributed by atoms with van der Waals surface area (Å²) in [5.41, 5.74) is 14.5. The Morgan fingerprint density at radius 2 is 0.803 bits per heavy atom. The lowest BCUT2D eigenvalue weighted by atomic mass is 9.93. The van der Waals surface area contributed by atoms with Gasteiger partial charge in [0.1, 0.15) is 0 Å². The molecule has 0 unspecified atom stereocenters. The number of rotatable bonds is 10. The van der Waals surface area contributed by atoms with Crippen LogP contribution in [0.4, 0.5) is 0 Å². The summed E-state index contributed by atoms with van der Waals surface area (Å²) in [6.07, 6.45) is 0. The largest absolute Gasteiger partial charge is 0.309 e. The Balaban J connectivity index is 1.15. The maximum atomic E-state index is 5.34. The molecule has 0 aliphatic carbocycles. The van der Waals surface area contributed by atoms with Crippen molar-refractivity contribution in [3.8, 4) is 62.1 Å². The van der Waals surface area contributed by atoms with Crippen molar-refractivity contribution in [2.75, 3.05) is 0 Å². The third-order valence-electron chi connectivity index (χ3n) is 14.1. The molecule has 10 aromatic carbocycles. The normalized spacial score (nSPS) is 11.6. The van der Waals surface area contributed by atoms with Crippen molar-refractivity contribution in [3.63, 3.8) is 0 Å². The summed E-state index contributed by atoms with van der Waals surface area (Å²) in [6.45, 7) is 6.64. The van der Waals surface area contributed by atoms with Crippen LogP contribution in [0, 0.1) is 20.8 Å². The fourth-order valence-electron chi connectivity index (χ4n) is 11.1. The monoisotopic (exact) mass is 926 g/mol. The molecule has 0 atom stereocenters. The van der Waals surface area contributed by atoms with E-state index in [1.54, 1.807) is 0 Å². The van der Waals surface area contributed by atoms with Crippen molar-refractivity contribution in [3.05, 3.63) is 265 Å². The number of benzene rings is 10. The molecular weight excluding hydrogens is 877 g/mol. The van der Waals surface area contributed by atoms with Crippen LogP contribution in [0.3, 0.4) is 0 Å². The molecule has 2 heterocycles. The van der Waals surface area contributed by atoms with Gasteiger partial charge in [-0.15, -0.1) is 0 Å². The van der Waals surface area contributed by atoms with Gasteiger partial charge in [-0.25, -0.2) is 15.0 Å². The summed E-state index contributed by atoms with van der Waals surface area (Å²) in [7, 11) is -2.90. The first-order valence-electron chi connectivity index (χ1n) is 24.3. The third-order valence-corrected chi connectivity index (χ3v) is 18.8. The third kappa shape index (κ3) is 7.77. The zero-order valence-corrected chi connectivity index (χ0v) is 41.0. The Morgan fingerprint density at radius 1 is 0.324 bits per heavy atom. The Hall–Kier alpha value is -8.77. The molecule has 0 aliphatic rings. The highest BCUT2D eigenvalue weighted by Gasteiger charge is 2.41. The van der Waals surface area contributed by atoms with E-state index in [2.05, 4.69) is 238 Å². The number of aromatic nitrogens is 4. The fraction of sp³-hybridized carbons (Fsp3) is 0.0455. The van der Waals surface area contributed by atoms with Gasteiger partial charge in [-0.05, 0) is 105 Å². The second kappa shape index (κ2) is 18.3. The van der Waals surface area contributed by atoms with Crippen LogP contribution < -0.4 is 20.7 Å². The van der Waals surface area contributed by atoms with E-state index in [-0.39, 0.29) is 0 Å². The molecular formula is C66H50N4Si. The molecule has 12 rings (SSSR count). The van der Waals surface area contributed by atoms with Crippen molar-refractivity contribution in [2.45, 2.75) is 20.8 Å². The van der Waals surface area contributed by atoms with Gasteiger partial charge in [0.05, 0.1) is 11.0 Å². The van der Waals surface area contributed by atoms with Gasteiger partial charge in [-0.2, -0.15) is 0 Å². The highest BCUT2D eigenvalue weighted by molar-refractivity contribution is 7.19. The first-order valence-corrected chi connectivity index (χ1v) is 26.3. The van der Waals surface area contributed by atoms with Gasteiger partial charge >= 0.3 is 0 Å². The lowest BCUT2D eigenvalue weighted by Crippen LogP contribution is -2.74. The first-order chi connectivity index (χ1) is 34.9. The highest BCUT2D eigenvalue weighted by Crippen LogP contribution is 2.40. The number of nitrogens with zero attached hydrogens (tertiary/aromatic N) is 4. The number of para-hydroxylation sites is 1. The quantitative estimate of drug-likeness (QED) is 0.101. The minimum atomic E-state index is -2.90. The number of fused-ring (bicyclic) bond motifs is 3. The Morgan fingerprint density at radius 3 is 1.38 bits per heavy atom. The lowest BCUT2D eigenvalue weighted by Gasteiger charge is -2.34. The zero-order valence-electron chi connectivity index (χ0n) is 40.0. The molecule has 0 saturated carbocycles. The summed E-state index contributed by atoms with van der Waals surface area (Å²) >= 11 is 0. The van der Waals surface area contributed by atoms with Crippen LogP contribution >= 0.6 is 0 Å². The topological polar surface area (TPSA) is 43.6 Å². The summed E-state index contributed by atoms with van der Waals surface area (Å²) in [5, 5.41) is 7.66. The average Bonchev–Trinajstić information content (AvgIpc) is 3.76. The maximum absolute atomic E-state index is 5.34. The van der Waals surface area contributed by atoms with Crippen LogP contribution in [0.1, 0.15) is 16.7 Å². The van der Waals surface area contributed by atoms with Gasteiger partial charge in [0.15, 0.2) is 25.5 Å². The minimum Gasteiger partial charge on any atom is -0.309 e. The van der Waals surface area contributed by atoms with Gasteiger partial charge < -0.3 is 4.57 Å². The van der Waals surface area contributed by atoms with Crippen LogP contribution in [0.15, 0.2) is 249 Å². The van der Waals surface area contributed by atoms with E-state index in [1.165, 1.54) is 59.3 Å². The molecule has 0 spiro atoms. The zero-order chi connectivity index (χ0) is 47.9. The van der Waals surface area contributed by atoms with Gasteiger partial charge in [-0.1, -0.05) is 224 Å². The fourth-order valence-corrected chi connectivity index (χ4v) is 15.9. The van der Waals surface area contributed by atoms with E-state index >= 15 is 0 Å². The van der Waals surface area contributed by atoms with E-state index in [4.69, 9.17) is 15.0 Å². The molecule has 0 saturated heterocycles. The number of hydrogen-bond donors (Lipinski definition) is 0. The van der Waals surface area contributed by atoms with Gasteiger partial charge in [0.25, 0.3) is 0 Å². The predicted molar refractivity (Wildman–Crippen MR) is 299 cm³/mol. The predicted octanol–water partition coefficient (Wildman–Crippen LogP) is 13.6. The Labute approximate surface area is 416 Å². The van der Waals surface area contributed by atoms with E-state index < -0.39 is 8.07 Å². The number of aryl methyl sites for hydroxylation is 3. The molecule has 0 fully saturated rings. The molecule has 0 amide bonds. The van der Waals surface area contributed by atoms with Crippen LogP contribution in [-0.4, -0.2) is 27.6 Å². The average molecular weight is 927 g/mol. The summed E-state index contributed by atoms with van der Waals surface area (Å²) in [5.74, 6) is 1.86. The number of hydrogen-bond acceptors (Lipinski definition) is 3. The molecule has 0 radical (unpaired) electrons. The molecule has 71 heavy (non-hydrogen) atoms. The second-order valence-corrected chi connectivity index (χ2v) is 22.4. The van der Waals surface area contributed by atoms with E-state index in [1.807, 2.05) is 36.4 Å². The highest BCUT2D eigenvalue weighted by atomic mass is 28.3. The summed E-state index contributed by atoms with van der Waals surface area (Å²) < 4.78 is 2.44. The molecule has 0 aliphatic heterocycles. The summed E-state index contributed by atoms with van der Waals surface area (Å²) in [4.78, 5) is 15.8. The Kier molecular flexibility index (Phi) is 11.2. The summed E-state index contributed by atoms with van der Waals surface area (Å²) in [6, 6.07) is 90.3. The SMILES string of the molecule is Cc1cc(C)c(-c2ccc3c4ccccc4n(-c4ccc(-c5nc(-c6ccccc6)nc(-c6ccccc6)n5)c(-c5cccc([Si](c6ccccc6)(c6ccccc6)c6ccccc6)c5)c4)c3c2)c(C)c1. The molecule has 12 aromatic rings. The van der Waals surface area contributed by atoms with Crippen LogP contribution in [0.2, 0.25) is 0 Å². The van der Waals surface area contributed by atoms with E-state index in [0.717, 1.165) is 44.5 Å². The molecule has 0 bridgehead atoms. The molecule has 338 valence electrons.